The largest absolute Gasteiger partial charge is 0.481 e. The highest BCUT2D eigenvalue weighted by molar-refractivity contribution is 5.77. The number of halogens is 1. The molecule has 0 atom stereocenters. The van der Waals surface area contributed by atoms with Crippen LogP contribution in [0.5, 0.6) is 0 Å². The maximum absolute atomic E-state index is 13.4. The van der Waals surface area contributed by atoms with Crippen LogP contribution in [0, 0.1) is 11.2 Å². The van der Waals surface area contributed by atoms with Crippen LogP contribution in [0.15, 0.2) is 24.3 Å². The molecule has 0 aliphatic rings. The molecule has 1 rings (SSSR count). The van der Waals surface area contributed by atoms with E-state index in [-0.39, 0.29) is 24.6 Å². The maximum atomic E-state index is 13.4. The molecule has 0 saturated heterocycles. The fourth-order valence-electron chi connectivity index (χ4n) is 2.01. The topological polar surface area (TPSA) is 66.4 Å². The van der Waals surface area contributed by atoms with E-state index in [1.807, 2.05) is 0 Å². The summed E-state index contributed by atoms with van der Waals surface area (Å²) in [5, 5.41) is 11.4. The first-order valence-electron chi connectivity index (χ1n) is 6.52. The fraction of sp³-hybridized carbons (Fsp3) is 0.467. The molecule has 1 aromatic rings. The summed E-state index contributed by atoms with van der Waals surface area (Å²) in [5.41, 5.74) is -0.0360. The molecule has 0 spiro atoms. The van der Waals surface area contributed by atoms with Crippen LogP contribution in [-0.4, -0.2) is 23.5 Å². The molecule has 0 bridgehead atoms. The van der Waals surface area contributed by atoms with Gasteiger partial charge in [-0.3, -0.25) is 9.59 Å². The Hall–Kier alpha value is -1.91. The molecule has 0 unspecified atom stereocenters. The highest BCUT2D eigenvalue weighted by atomic mass is 19.1. The summed E-state index contributed by atoms with van der Waals surface area (Å²) >= 11 is 0. The minimum Gasteiger partial charge on any atom is -0.481 e. The third-order valence-corrected chi connectivity index (χ3v) is 2.94. The summed E-state index contributed by atoms with van der Waals surface area (Å²) in [7, 11) is 0. The maximum Gasteiger partial charge on any atom is 0.303 e. The second kappa shape index (κ2) is 7.03. The van der Waals surface area contributed by atoms with Gasteiger partial charge < -0.3 is 10.4 Å². The molecule has 4 nitrogen and oxygen atoms in total. The standard InChI is InChI=1S/C15H20FNO3/c1-15(2,10-14(19)20)9-13(18)17-8-7-11-5-3-4-6-12(11)16/h3-6H,7-10H2,1-2H3,(H,17,18)(H,19,20). The molecule has 0 heterocycles. The Balaban J connectivity index is 2.37. The summed E-state index contributed by atoms with van der Waals surface area (Å²) in [6, 6.07) is 6.42. The van der Waals surface area contributed by atoms with Crippen LogP contribution in [-0.2, 0) is 16.0 Å². The zero-order valence-electron chi connectivity index (χ0n) is 11.8. The van der Waals surface area contributed by atoms with Gasteiger partial charge in [0.25, 0.3) is 0 Å². The van der Waals surface area contributed by atoms with Crippen molar-refractivity contribution in [3.8, 4) is 0 Å². The lowest BCUT2D eigenvalue weighted by Crippen LogP contribution is -2.31. The van der Waals surface area contributed by atoms with Gasteiger partial charge in [0.2, 0.25) is 5.91 Å². The Morgan fingerprint density at radius 2 is 1.90 bits per heavy atom. The van der Waals surface area contributed by atoms with Crippen molar-refractivity contribution in [3.05, 3.63) is 35.6 Å². The summed E-state index contributed by atoms with van der Waals surface area (Å²) in [5.74, 6) is -1.42. The van der Waals surface area contributed by atoms with Gasteiger partial charge in [0.1, 0.15) is 5.82 Å². The highest BCUT2D eigenvalue weighted by Crippen LogP contribution is 2.24. The predicted octanol–water partition coefficient (Wildman–Crippen LogP) is 2.38. The lowest BCUT2D eigenvalue weighted by atomic mass is 9.85. The summed E-state index contributed by atoms with van der Waals surface area (Å²) in [4.78, 5) is 22.4. The second-order valence-electron chi connectivity index (χ2n) is 5.60. The zero-order valence-corrected chi connectivity index (χ0v) is 11.8. The van der Waals surface area contributed by atoms with Crippen molar-refractivity contribution >= 4 is 11.9 Å². The number of carboxylic acids is 1. The number of carbonyl (C=O) groups excluding carboxylic acids is 1. The molecule has 0 fully saturated rings. The molecule has 0 aliphatic heterocycles. The van der Waals surface area contributed by atoms with E-state index in [0.717, 1.165) is 0 Å². The van der Waals surface area contributed by atoms with E-state index in [9.17, 15) is 14.0 Å². The van der Waals surface area contributed by atoms with Gasteiger partial charge in [-0.15, -0.1) is 0 Å². The summed E-state index contributed by atoms with van der Waals surface area (Å²) < 4.78 is 13.4. The Morgan fingerprint density at radius 1 is 1.25 bits per heavy atom. The van der Waals surface area contributed by atoms with Gasteiger partial charge in [-0.2, -0.15) is 0 Å². The number of carboxylic acid groups (broad SMARTS) is 1. The van der Waals surface area contributed by atoms with Crippen molar-refractivity contribution in [2.24, 2.45) is 5.41 Å². The lowest BCUT2D eigenvalue weighted by Gasteiger charge is -2.21. The Kier molecular flexibility index (Phi) is 5.67. The number of hydrogen-bond acceptors (Lipinski definition) is 2. The highest BCUT2D eigenvalue weighted by Gasteiger charge is 2.24. The molecular formula is C15H20FNO3. The van der Waals surface area contributed by atoms with Crippen LogP contribution in [0.2, 0.25) is 0 Å². The van der Waals surface area contributed by atoms with Crippen molar-refractivity contribution in [3.63, 3.8) is 0 Å². The number of benzene rings is 1. The third kappa shape index (κ3) is 5.82. The van der Waals surface area contributed by atoms with Crippen LogP contribution < -0.4 is 5.32 Å². The molecule has 110 valence electrons. The minimum atomic E-state index is -0.922. The quantitative estimate of drug-likeness (QED) is 0.806. The van der Waals surface area contributed by atoms with E-state index in [1.165, 1.54) is 6.07 Å². The SMILES string of the molecule is CC(C)(CC(=O)O)CC(=O)NCCc1ccccc1F. The van der Waals surface area contributed by atoms with Crippen LogP contribution in [0.25, 0.3) is 0 Å². The first kappa shape index (κ1) is 16.1. The first-order chi connectivity index (χ1) is 9.30. The van der Waals surface area contributed by atoms with E-state index < -0.39 is 11.4 Å². The smallest absolute Gasteiger partial charge is 0.303 e. The van der Waals surface area contributed by atoms with Gasteiger partial charge in [0, 0.05) is 13.0 Å². The molecule has 2 N–H and O–H groups in total. The van der Waals surface area contributed by atoms with Crippen molar-refractivity contribution in [1.29, 1.82) is 0 Å². The Labute approximate surface area is 118 Å². The average Bonchev–Trinajstić information content (AvgIpc) is 2.29. The van der Waals surface area contributed by atoms with Crippen molar-refractivity contribution in [2.45, 2.75) is 33.1 Å². The predicted molar refractivity (Wildman–Crippen MR) is 73.8 cm³/mol. The molecule has 1 amide bonds. The number of hydrogen-bond donors (Lipinski definition) is 2. The third-order valence-electron chi connectivity index (χ3n) is 2.94. The normalized spacial score (nSPS) is 11.2. The first-order valence-corrected chi connectivity index (χ1v) is 6.52. The van der Waals surface area contributed by atoms with Gasteiger partial charge in [-0.1, -0.05) is 32.0 Å². The van der Waals surface area contributed by atoms with Crippen molar-refractivity contribution < 1.29 is 19.1 Å². The number of nitrogens with one attached hydrogen (secondary N) is 1. The molecule has 0 aromatic heterocycles. The van der Waals surface area contributed by atoms with Gasteiger partial charge in [0.15, 0.2) is 0 Å². The zero-order chi connectivity index (χ0) is 15.2. The van der Waals surface area contributed by atoms with E-state index in [4.69, 9.17) is 5.11 Å². The van der Waals surface area contributed by atoms with E-state index in [0.29, 0.717) is 18.5 Å². The lowest BCUT2D eigenvalue weighted by molar-refractivity contribution is -0.139. The van der Waals surface area contributed by atoms with Gasteiger partial charge >= 0.3 is 5.97 Å². The van der Waals surface area contributed by atoms with Gasteiger partial charge in [-0.05, 0) is 23.5 Å². The number of amides is 1. The van der Waals surface area contributed by atoms with Crippen molar-refractivity contribution in [2.75, 3.05) is 6.54 Å². The molecule has 0 radical (unpaired) electrons. The monoisotopic (exact) mass is 281 g/mol. The van der Waals surface area contributed by atoms with E-state index >= 15 is 0 Å². The Bertz CT molecular complexity index is 486. The minimum absolute atomic E-state index is 0.0618. The molecule has 0 saturated carbocycles. The molecular weight excluding hydrogens is 261 g/mol. The van der Waals surface area contributed by atoms with Crippen LogP contribution in [0.1, 0.15) is 32.3 Å². The van der Waals surface area contributed by atoms with E-state index in [1.54, 1.807) is 32.0 Å². The number of rotatable bonds is 7. The number of aliphatic carboxylic acids is 1. The number of carbonyl (C=O) groups is 2. The second-order valence-corrected chi connectivity index (χ2v) is 5.60. The van der Waals surface area contributed by atoms with Crippen molar-refractivity contribution in [1.82, 2.24) is 5.32 Å². The fourth-order valence-corrected chi connectivity index (χ4v) is 2.01. The molecule has 20 heavy (non-hydrogen) atoms. The van der Waals surface area contributed by atoms with E-state index in [2.05, 4.69) is 5.32 Å². The molecule has 0 aliphatic carbocycles. The summed E-state index contributed by atoms with van der Waals surface area (Å²) in [6.07, 6.45) is 0.488. The molecule has 5 heteroatoms. The van der Waals surface area contributed by atoms with Gasteiger partial charge in [0.05, 0.1) is 6.42 Å². The average molecular weight is 281 g/mol. The van der Waals surface area contributed by atoms with Crippen LogP contribution in [0.3, 0.4) is 0 Å². The van der Waals surface area contributed by atoms with Crippen LogP contribution >= 0.6 is 0 Å². The van der Waals surface area contributed by atoms with Crippen LogP contribution in [0.4, 0.5) is 4.39 Å². The summed E-state index contributed by atoms with van der Waals surface area (Å²) in [6.45, 7) is 3.80. The Morgan fingerprint density at radius 3 is 2.50 bits per heavy atom. The molecule has 1 aromatic carbocycles. The van der Waals surface area contributed by atoms with Gasteiger partial charge in [-0.25, -0.2) is 4.39 Å².